The third-order valence-corrected chi connectivity index (χ3v) is 9.60. The van der Waals surface area contributed by atoms with E-state index in [1.54, 1.807) is 0 Å². The molecule has 0 spiro atoms. The van der Waals surface area contributed by atoms with Crippen molar-refractivity contribution in [1.29, 1.82) is 0 Å². The minimum atomic E-state index is -0.829. The second-order valence-electron chi connectivity index (χ2n) is 15.5. The van der Waals surface area contributed by atoms with Crippen LogP contribution in [0.2, 0.25) is 0 Å². The van der Waals surface area contributed by atoms with Crippen molar-refractivity contribution in [2.24, 2.45) is 0 Å². The molecule has 1 atom stereocenters. The molecule has 0 heterocycles. The summed E-state index contributed by atoms with van der Waals surface area (Å²) in [6.07, 6.45) is 71.1. The van der Waals surface area contributed by atoms with Gasteiger partial charge in [-0.1, -0.05) is 218 Å². The van der Waals surface area contributed by atoms with Gasteiger partial charge in [0.15, 0.2) is 6.10 Å². The lowest BCUT2D eigenvalue weighted by atomic mass is 10.1. The van der Waals surface area contributed by atoms with E-state index in [9.17, 15) is 14.4 Å². The molecule has 1 unspecified atom stereocenters. The highest BCUT2D eigenvalue weighted by Gasteiger charge is 2.19. The molecule has 0 aromatic carbocycles. The average Bonchev–Trinajstić information content (AvgIpc) is 3.28. The lowest BCUT2D eigenvalue weighted by Gasteiger charge is -2.18. The average molecular weight is 867 g/mol. The standard InChI is InChI=1S/C57H86O6/c1-4-7-10-13-16-19-22-25-26-27-28-29-30-33-35-38-41-44-47-50-56(59)62-53-54(63-57(60)51-48-45-42-39-36-32-24-21-18-15-12-9-6-3)52-61-55(58)49-46-43-40-37-34-31-23-20-17-14-11-8-5-2/h7,9-10,12-13,15-16,18-19,21-22,24-36,54H,4-6,8,11,14,17,20,23,37-53H2,1-3H3/b10-7+,12-9+,16-13+,18-15+,22-19+,24-21+,26-25+,28-27+,30-29+,34-31+,35-33+,36-32+. The molecule has 0 rings (SSSR count). The van der Waals surface area contributed by atoms with Crippen LogP contribution < -0.4 is 0 Å². The van der Waals surface area contributed by atoms with Gasteiger partial charge in [-0.25, -0.2) is 0 Å². The van der Waals surface area contributed by atoms with Gasteiger partial charge in [0.25, 0.3) is 0 Å². The Morgan fingerprint density at radius 1 is 0.333 bits per heavy atom. The zero-order valence-electron chi connectivity index (χ0n) is 39.8. The van der Waals surface area contributed by atoms with E-state index >= 15 is 0 Å². The van der Waals surface area contributed by atoms with Gasteiger partial charge in [-0.3, -0.25) is 14.4 Å². The van der Waals surface area contributed by atoms with E-state index in [-0.39, 0.29) is 44.0 Å². The number of hydrogen-bond acceptors (Lipinski definition) is 6. The first-order valence-electron chi connectivity index (χ1n) is 24.5. The SMILES string of the molecule is CC/C=C/C=C/C=C/C=C/C=C/C=C/C=C/CCCCCC(=O)OCC(COC(=O)CCCCC/C=C/CCCCCCCC)OC(=O)CCCCC/C=C/C=C/C=C/C=C/CC. The summed E-state index contributed by atoms with van der Waals surface area (Å²) in [5.74, 6) is -1.04. The monoisotopic (exact) mass is 867 g/mol. The zero-order valence-corrected chi connectivity index (χ0v) is 39.8. The van der Waals surface area contributed by atoms with Gasteiger partial charge in [-0.2, -0.15) is 0 Å². The molecule has 0 saturated heterocycles. The minimum absolute atomic E-state index is 0.124. The van der Waals surface area contributed by atoms with Crippen molar-refractivity contribution < 1.29 is 28.6 Å². The zero-order chi connectivity index (χ0) is 45.8. The lowest BCUT2D eigenvalue weighted by molar-refractivity contribution is -0.167. The van der Waals surface area contributed by atoms with E-state index in [0.29, 0.717) is 19.3 Å². The Bertz CT molecular complexity index is 1460. The molecule has 0 N–H and O–H groups in total. The summed E-state index contributed by atoms with van der Waals surface area (Å²) >= 11 is 0. The Kier molecular flexibility index (Phi) is 46.2. The number of rotatable bonds is 41. The molecule has 63 heavy (non-hydrogen) atoms. The van der Waals surface area contributed by atoms with Crippen molar-refractivity contribution in [2.45, 2.75) is 181 Å². The van der Waals surface area contributed by atoms with Crippen molar-refractivity contribution in [3.8, 4) is 0 Å². The summed E-state index contributed by atoms with van der Waals surface area (Å²) in [5.41, 5.74) is 0. The third kappa shape index (κ3) is 48.2. The van der Waals surface area contributed by atoms with Gasteiger partial charge < -0.3 is 14.2 Å². The molecule has 6 heteroatoms. The van der Waals surface area contributed by atoms with Crippen LogP contribution in [0.5, 0.6) is 0 Å². The minimum Gasteiger partial charge on any atom is -0.462 e. The summed E-state index contributed by atoms with van der Waals surface area (Å²) in [7, 11) is 0. The summed E-state index contributed by atoms with van der Waals surface area (Å²) < 4.78 is 16.7. The van der Waals surface area contributed by atoms with Crippen LogP contribution in [0, 0.1) is 0 Å². The second kappa shape index (κ2) is 49.9. The molecular weight excluding hydrogens is 781 g/mol. The fourth-order valence-corrected chi connectivity index (χ4v) is 5.96. The summed E-state index contributed by atoms with van der Waals surface area (Å²) in [4.78, 5) is 37.9. The van der Waals surface area contributed by atoms with Crippen LogP contribution in [0.25, 0.3) is 0 Å². The highest BCUT2D eigenvalue weighted by Crippen LogP contribution is 2.12. The largest absolute Gasteiger partial charge is 0.462 e. The van der Waals surface area contributed by atoms with Crippen LogP contribution >= 0.6 is 0 Å². The molecule has 0 bridgehead atoms. The molecule has 0 amide bonds. The Labute approximate surface area is 385 Å². The van der Waals surface area contributed by atoms with Gasteiger partial charge in [0.1, 0.15) is 13.2 Å². The summed E-state index contributed by atoms with van der Waals surface area (Å²) in [6, 6.07) is 0. The van der Waals surface area contributed by atoms with Gasteiger partial charge in [-0.05, 0) is 83.5 Å². The number of unbranched alkanes of at least 4 members (excludes halogenated alkanes) is 15. The normalized spacial score (nSPS) is 13.4. The van der Waals surface area contributed by atoms with Crippen molar-refractivity contribution in [3.63, 3.8) is 0 Å². The van der Waals surface area contributed by atoms with Gasteiger partial charge in [0.05, 0.1) is 0 Å². The highest BCUT2D eigenvalue weighted by molar-refractivity contribution is 5.71. The van der Waals surface area contributed by atoms with E-state index < -0.39 is 6.10 Å². The second-order valence-corrected chi connectivity index (χ2v) is 15.5. The molecular formula is C57H86O6. The number of carbonyl (C=O) groups is 3. The fourth-order valence-electron chi connectivity index (χ4n) is 5.96. The first-order chi connectivity index (χ1) is 31.0. The molecule has 350 valence electrons. The van der Waals surface area contributed by atoms with Crippen LogP contribution in [-0.2, 0) is 28.6 Å². The molecule has 0 fully saturated rings. The fraction of sp³-hybridized carbons (Fsp3) is 0.526. The maximum Gasteiger partial charge on any atom is 0.306 e. The number of carbonyl (C=O) groups excluding carboxylic acids is 3. The van der Waals surface area contributed by atoms with E-state index in [4.69, 9.17) is 14.2 Å². The molecule has 0 aromatic rings. The van der Waals surface area contributed by atoms with Gasteiger partial charge >= 0.3 is 17.9 Å². The predicted octanol–water partition coefficient (Wildman–Crippen LogP) is 16.1. The highest BCUT2D eigenvalue weighted by atomic mass is 16.6. The first kappa shape index (κ1) is 58.3. The first-order valence-corrected chi connectivity index (χ1v) is 24.5. The van der Waals surface area contributed by atoms with Crippen LogP contribution in [0.1, 0.15) is 175 Å². The number of allylic oxidation sites excluding steroid dienone is 24. The van der Waals surface area contributed by atoms with Crippen molar-refractivity contribution in [3.05, 3.63) is 146 Å². The van der Waals surface area contributed by atoms with Crippen LogP contribution in [0.3, 0.4) is 0 Å². The Hall–Kier alpha value is -4.71. The topological polar surface area (TPSA) is 78.9 Å². The molecule has 0 aliphatic carbocycles. The quantitative estimate of drug-likeness (QED) is 0.0200. The maximum atomic E-state index is 12.7. The Balaban J connectivity index is 4.60. The van der Waals surface area contributed by atoms with Crippen molar-refractivity contribution >= 4 is 17.9 Å². The Morgan fingerprint density at radius 3 is 1.02 bits per heavy atom. The molecule has 0 saturated carbocycles. The summed E-state index contributed by atoms with van der Waals surface area (Å²) in [5, 5.41) is 0. The van der Waals surface area contributed by atoms with E-state index in [1.165, 1.54) is 38.5 Å². The predicted molar refractivity (Wildman–Crippen MR) is 269 cm³/mol. The van der Waals surface area contributed by atoms with Crippen LogP contribution in [0.4, 0.5) is 0 Å². The Morgan fingerprint density at radius 2 is 0.635 bits per heavy atom. The maximum absolute atomic E-state index is 12.7. The van der Waals surface area contributed by atoms with Crippen molar-refractivity contribution in [2.75, 3.05) is 13.2 Å². The van der Waals surface area contributed by atoms with Gasteiger partial charge in [-0.15, -0.1) is 0 Å². The number of hydrogen-bond donors (Lipinski definition) is 0. The lowest BCUT2D eigenvalue weighted by Crippen LogP contribution is -2.30. The van der Waals surface area contributed by atoms with E-state index in [1.807, 2.05) is 109 Å². The number of esters is 3. The third-order valence-electron chi connectivity index (χ3n) is 9.60. The van der Waals surface area contributed by atoms with Crippen molar-refractivity contribution in [1.82, 2.24) is 0 Å². The molecule has 6 nitrogen and oxygen atoms in total. The smallest absolute Gasteiger partial charge is 0.306 e. The molecule has 0 aromatic heterocycles. The van der Waals surface area contributed by atoms with Gasteiger partial charge in [0, 0.05) is 19.3 Å². The van der Waals surface area contributed by atoms with Gasteiger partial charge in [0.2, 0.25) is 0 Å². The molecule has 0 radical (unpaired) electrons. The number of ether oxygens (including phenoxy) is 3. The van der Waals surface area contributed by atoms with E-state index in [2.05, 4.69) is 57.2 Å². The van der Waals surface area contributed by atoms with E-state index in [0.717, 1.165) is 83.5 Å². The molecule has 0 aliphatic heterocycles. The van der Waals surface area contributed by atoms with Crippen LogP contribution in [0.15, 0.2) is 146 Å². The van der Waals surface area contributed by atoms with Crippen LogP contribution in [-0.4, -0.2) is 37.2 Å². The molecule has 0 aliphatic rings. The summed E-state index contributed by atoms with van der Waals surface area (Å²) in [6.45, 7) is 6.22.